The second kappa shape index (κ2) is 11.0. The molecule has 4 aliphatic carbocycles. The van der Waals surface area contributed by atoms with Crippen LogP contribution in [0.2, 0.25) is 0 Å². The quantitative estimate of drug-likeness (QED) is 0.188. The lowest BCUT2D eigenvalue weighted by atomic mass is 9.48. The van der Waals surface area contributed by atoms with Crippen molar-refractivity contribution in [2.75, 3.05) is 0 Å². The second-order valence-corrected chi connectivity index (χ2v) is 14.6. The van der Waals surface area contributed by atoms with Gasteiger partial charge in [-0.3, -0.25) is 0 Å². The van der Waals surface area contributed by atoms with E-state index < -0.39 is 0 Å². The summed E-state index contributed by atoms with van der Waals surface area (Å²) in [4.78, 5) is 15.2. The fraction of sp³-hybridized carbons (Fsp3) is 0.227. The molecule has 4 aliphatic rings. The van der Waals surface area contributed by atoms with Crippen molar-refractivity contribution < 1.29 is 4.42 Å². The van der Waals surface area contributed by atoms with Crippen molar-refractivity contribution in [2.45, 2.75) is 43.9 Å². The van der Waals surface area contributed by atoms with Crippen LogP contribution in [-0.4, -0.2) is 15.0 Å². The lowest BCUT2D eigenvalue weighted by Gasteiger charge is -2.57. The van der Waals surface area contributed by atoms with Crippen LogP contribution < -0.4 is 0 Å². The third-order valence-electron chi connectivity index (χ3n) is 11.5. The van der Waals surface area contributed by atoms with Crippen molar-refractivity contribution in [1.82, 2.24) is 15.0 Å². The molecular weight excluding hydrogens is 601 g/mol. The van der Waals surface area contributed by atoms with Gasteiger partial charge in [0.15, 0.2) is 17.5 Å². The Morgan fingerprint density at radius 2 is 1.18 bits per heavy atom. The molecule has 0 atom stereocenters. The Labute approximate surface area is 285 Å². The maximum atomic E-state index is 9.43. The third kappa shape index (κ3) is 4.77. The van der Waals surface area contributed by atoms with Gasteiger partial charge in [0.25, 0.3) is 0 Å². The highest BCUT2D eigenvalue weighted by molar-refractivity contribution is 6.12. The number of hydrogen-bond acceptors (Lipinski definition) is 5. The number of benzene rings is 5. The van der Waals surface area contributed by atoms with E-state index in [1.54, 1.807) is 0 Å². The van der Waals surface area contributed by atoms with Gasteiger partial charge in [-0.25, -0.2) is 15.0 Å². The standard InChI is InChI=1S/C44H34N4O/c45-26-27-12-17-37-39(21-27)49-38-11-5-10-36(40(37)38)33-8-4-9-34(22-33)43-47-41(31-6-2-1-3-7-31)46-42(48-43)32-13-15-35(16-14-32)44-23-28-18-29(24-44)20-30(19-28)25-44/h1-17,21-22,28-30H,18-20,23-25H2. The first kappa shape index (κ1) is 28.4. The van der Waals surface area contributed by atoms with Gasteiger partial charge in [-0.1, -0.05) is 84.9 Å². The number of rotatable bonds is 5. The zero-order chi connectivity index (χ0) is 32.5. The van der Waals surface area contributed by atoms with Gasteiger partial charge in [0.1, 0.15) is 11.2 Å². The average molecular weight is 635 g/mol. The highest BCUT2D eigenvalue weighted by Gasteiger charge is 2.51. The van der Waals surface area contributed by atoms with E-state index in [9.17, 15) is 5.26 Å². The van der Waals surface area contributed by atoms with E-state index in [-0.39, 0.29) is 0 Å². The van der Waals surface area contributed by atoms with Gasteiger partial charge in [-0.15, -0.1) is 0 Å². The van der Waals surface area contributed by atoms with Crippen molar-refractivity contribution >= 4 is 21.9 Å². The molecule has 49 heavy (non-hydrogen) atoms. The second-order valence-electron chi connectivity index (χ2n) is 14.6. The average Bonchev–Trinajstić information content (AvgIpc) is 3.53. The van der Waals surface area contributed by atoms with Gasteiger partial charge in [0.2, 0.25) is 0 Å². The first-order chi connectivity index (χ1) is 24.1. The van der Waals surface area contributed by atoms with Gasteiger partial charge in [-0.05, 0) is 109 Å². The Bertz CT molecular complexity index is 2400. The molecule has 7 aromatic rings. The number of hydrogen-bond donors (Lipinski definition) is 0. The number of nitrogens with zero attached hydrogens (tertiary/aromatic N) is 4. The highest BCUT2D eigenvalue weighted by atomic mass is 16.3. The van der Waals surface area contributed by atoms with Gasteiger partial charge in [0.05, 0.1) is 11.6 Å². The molecule has 2 heterocycles. The summed E-state index contributed by atoms with van der Waals surface area (Å²) in [5, 5.41) is 11.4. The molecule has 0 spiro atoms. The lowest BCUT2D eigenvalue weighted by molar-refractivity contribution is -0.00518. The van der Waals surface area contributed by atoms with Crippen LogP contribution in [0.1, 0.15) is 49.7 Å². The molecule has 4 bridgehead atoms. The lowest BCUT2D eigenvalue weighted by Crippen LogP contribution is -2.48. The summed E-state index contributed by atoms with van der Waals surface area (Å²) in [5.74, 6) is 4.72. The van der Waals surface area contributed by atoms with Gasteiger partial charge in [0, 0.05) is 27.5 Å². The molecular formula is C44H34N4O. The molecule has 0 radical (unpaired) electrons. The molecule has 0 N–H and O–H groups in total. The first-order valence-corrected chi connectivity index (χ1v) is 17.5. The van der Waals surface area contributed by atoms with Crippen molar-refractivity contribution in [1.29, 1.82) is 5.26 Å². The van der Waals surface area contributed by atoms with Crippen LogP contribution in [0.5, 0.6) is 0 Å². The predicted octanol–water partition coefficient (Wildman–Crippen LogP) is 10.8. The van der Waals surface area contributed by atoms with Gasteiger partial charge in [-0.2, -0.15) is 5.26 Å². The molecule has 0 amide bonds. The topological polar surface area (TPSA) is 75.6 Å². The Balaban J connectivity index is 1.06. The van der Waals surface area contributed by atoms with Crippen molar-refractivity contribution in [3.8, 4) is 51.4 Å². The Kier molecular flexibility index (Phi) is 6.36. The molecule has 0 aliphatic heterocycles. The van der Waals surface area contributed by atoms with Crippen molar-refractivity contribution in [3.63, 3.8) is 0 Å². The predicted molar refractivity (Wildman–Crippen MR) is 193 cm³/mol. The van der Waals surface area contributed by atoms with E-state index in [1.807, 2.05) is 48.5 Å². The smallest absolute Gasteiger partial charge is 0.164 e. The number of furan rings is 1. The van der Waals surface area contributed by atoms with E-state index in [0.717, 1.165) is 61.9 Å². The maximum Gasteiger partial charge on any atom is 0.164 e. The van der Waals surface area contributed by atoms with Crippen LogP contribution in [0.25, 0.3) is 67.2 Å². The summed E-state index contributed by atoms with van der Waals surface area (Å²) in [5.41, 5.74) is 8.92. The van der Waals surface area contributed by atoms with Crippen molar-refractivity contribution in [3.05, 3.63) is 126 Å². The van der Waals surface area contributed by atoms with E-state index in [0.29, 0.717) is 34.0 Å². The fourth-order valence-electron chi connectivity index (χ4n) is 9.75. The minimum atomic E-state index is 0.356. The van der Waals surface area contributed by atoms with E-state index >= 15 is 0 Å². The van der Waals surface area contributed by atoms with Crippen LogP contribution >= 0.6 is 0 Å². The molecule has 5 heteroatoms. The maximum absolute atomic E-state index is 9.43. The van der Waals surface area contributed by atoms with E-state index in [4.69, 9.17) is 19.4 Å². The highest BCUT2D eigenvalue weighted by Crippen LogP contribution is 2.60. The summed E-state index contributed by atoms with van der Waals surface area (Å²) < 4.78 is 6.19. The van der Waals surface area contributed by atoms with Crippen LogP contribution in [-0.2, 0) is 5.41 Å². The van der Waals surface area contributed by atoms with Crippen molar-refractivity contribution in [2.24, 2.45) is 17.8 Å². The summed E-state index contributed by atoms with van der Waals surface area (Å²) in [6.07, 6.45) is 8.41. The first-order valence-electron chi connectivity index (χ1n) is 17.5. The minimum absolute atomic E-state index is 0.356. The van der Waals surface area contributed by atoms with Gasteiger partial charge < -0.3 is 4.42 Å². The molecule has 4 fully saturated rings. The molecule has 5 nitrogen and oxygen atoms in total. The van der Waals surface area contributed by atoms with Crippen LogP contribution in [0.4, 0.5) is 0 Å². The molecule has 5 aromatic carbocycles. The Morgan fingerprint density at radius 1 is 0.571 bits per heavy atom. The van der Waals surface area contributed by atoms with Gasteiger partial charge >= 0.3 is 0 Å². The Hall–Kier alpha value is -5.60. The molecule has 2 aromatic heterocycles. The molecule has 236 valence electrons. The summed E-state index contributed by atoms with van der Waals surface area (Å²) >= 11 is 0. The van der Waals surface area contributed by atoms with Crippen LogP contribution in [0, 0.1) is 29.1 Å². The SMILES string of the molecule is N#Cc1ccc2c(c1)oc1cccc(-c3cccc(-c4nc(-c5ccccc5)nc(-c5ccc(C67CC8CC(CC(C8)C6)C7)cc5)n4)c3)c12. The number of nitriles is 1. The van der Waals surface area contributed by atoms with Crippen LogP contribution in [0.3, 0.4) is 0 Å². The van der Waals surface area contributed by atoms with E-state index in [2.05, 4.69) is 72.8 Å². The molecule has 4 saturated carbocycles. The molecule has 11 rings (SSSR count). The molecule has 0 unspecified atom stereocenters. The normalized spacial score (nSPS) is 22.5. The number of aromatic nitrogens is 3. The minimum Gasteiger partial charge on any atom is -0.456 e. The van der Waals surface area contributed by atoms with E-state index in [1.165, 1.54) is 44.1 Å². The number of fused-ring (bicyclic) bond motifs is 3. The fourth-order valence-corrected chi connectivity index (χ4v) is 9.75. The summed E-state index contributed by atoms with van der Waals surface area (Å²) in [7, 11) is 0. The summed E-state index contributed by atoms with van der Waals surface area (Å²) in [6.45, 7) is 0. The zero-order valence-electron chi connectivity index (χ0n) is 27.1. The summed E-state index contributed by atoms with van der Waals surface area (Å²) in [6, 6.07) is 41.7. The van der Waals surface area contributed by atoms with Crippen LogP contribution in [0.15, 0.2) is 120 Å². The monoisotopic (exact) mass is 634 g/mol. The largest absolute Gasteiger partial charge is 0.456 e. The Morgan fingerprint density at radius 3 is 1.88 bits per heavy atom. The molecule has 0 saturated heterocycles. The third-order valence-corrected chi connectivity index (χ3v) is 11.5. The zero-order valence-corrected chi connectivity index (χ0v) is 27.1.